The molecule has 0 aromatic heterocycles. The van der Waals surface area contributed by atoms with Crippen LogP contribution in [-0.2, 0) is 9.53 Å². The molecule has 4 nitrogen and oxygen atoms in total. The molecule has 17 heavy (non-hydrogen) atoms. The van der Waals surface area contributed by atoms with Gasteiger partial charge in [0, 0.05) is 18.7 Å². The molecule has 1 atom stereocenters. The predicted molar refractivity (Wildman–Crippen MR) is 66.7 cm³/mol. The molecule has 1 N–H and O–H groups in total. The first kappa shape index (κ1) is 14.2. The summed E-state index contributed by atoms with van der Waals surface area (Å²) in [5, 5.41) is 9.97. The summed E-state index contributed by atoms with van der Waals surface area (Å²) in [7, 11) is 1.40. The van der Waals surface area contributed by atoms with E-state index in [1.165, 1.54) is 7.11 Å². The minimum atomic E-state index is -0.594. The van der Waals surface area contributed by atoms with E-state index in [0.717, 1.165) is 19.4 Å². The molecule has 0 aromatic rings. The van der Waals surface area contributed by atoms with Crippen LogP contribution in [0.15, 0.2) is 11.6 Å². The number of carbonyl (C=O) groups is 1. The Morgan fingerprint density at radius 2 is 2.29 bits per heavy atom. The number of likely N-dealkylation sites (tertiary alicyclic amines) is 1. The van der Waals surface area contributed by atoms with Crippen LogP contribution in [0.4, 0.5) is 0 Å². The zero-order valence-corrected chi connectivity index (χ0v) is 11.0. The number of rotatable bonds is 4. The molecular formula is C13H23NO3. The largest absolute Gasteiger partial charge is 0.466 e. The van der Waals surface area contributed by atoms with Crippen molar-refractivity contribution in [2.45, 2.75) is 38.7 Å². The fourth-order valence-electron chi connectivity index (χ4n) is 2.22. The molecule has 1 saturated heterocycles. The molecule has 0 radical (unpaired) electrons. The molecule has 1 fully saturated rings. The van der Waals surface area contributed by atoms with Crippen LogP contribution >= 0.6 is 0 Å². The summed E-state index contributed by atoms with van der Waals surface area (Å²) in [5.41, 5.74) is 0.113. The number of carbonyl (C=O) groups excluding carboxylic acids is 1. The van der Waals surface area contributed by atoms with Gasteiger partial charge in [0.2, 0.25) is 0 Å². The van der Waals surface area contributed by atoms with Crippen LogP contribution in [0.2, 0.25) is 0 Å². The molecule has 0 saturated carbocycles. The fraction of sp³-hybridized carbons (Fsp3) is 0.769. The van der Waals surface area contributed by atoms with Crippen molar-refractivity contribution in [1.29, 1.82) is 0 Å². The van der Waals surface area contributed by atoms with Gasteiger partial charge in [-0.25, -0.2) is 4.79 Å². The summed E-state index contributed by atoms with van der Waals surface area (Å²) in [6.45, 7) is 6.15. The van der Waals surface area contributed by atoms with E-state index in [2.05, 4.69) is 4.90 Å². The quantitative estimate of drug-likeness (QED) is 0.596. The van der Waals surface area contributed by atoms with E-state index in [0.29, 0.717) is 25.1 Å². The molecule has 4 heteroatoms. The number of nitrogens with zero attached hydrogens (tertiary/aromatic N) is 1. The van der Waals surface area contributed by atoms with Crippen LogP contribution in [0.1, 0.15) is 33.1 Å². The molecule has 98 valence electrons. The van der Waals surface area contributed by atoms with E-state index in [4.69, 9.17) is 4.74 Å². The number of aliphatic hydroxyl groups is 1. The number of piperidine rings is 1. The van der Waals surface area contributed by atoms with Crippen molar-refractivity contribution in [3.05, 3.63) is 11.6 Å². The first-order chi connectivity index (χ1) is 7.98. The van der Waals surface area contributed by atoms with Crippen molar-refractivity contribution in [3.63, 3.8) is 0 Å². The fourth-order valence-corrected chi connectivity index (χ4v) is 2.22. The third kappa shape index (κ3) is 4.48. The van der Waals surface area contributed by atoms with E-state index in [9.17, 15) is 9.90 Å². The van der Waals surface area contributed by atoms with Crippen molar-refractivity contribution >= 4 is 5.97 Å². The van der Waals surface area contributed by atoms with Gasteiger partial charge in [0.15, 0.2) is 0 Å². The summed E-state index contributed by atoms with van der Waals surface area (Å²) in [6, 6.07) is 0. The monoisotopic (exact) mass is 241 g/mol. The number of esters is 1. The highest BCUT2D eigenvalue weighted by Crippen LogP contribution is 2.20. The Hall–Kier alpha value is -0.870. The number of ether oxygens (including phenoxy) is 1. The standard InChI is InChI=1S/C13H23NO3/c1-4-11(12(15)17-3)6-9-14-8-5-7-13(2,16)10-14/h6,16H,4-5,7-10H2,1-3H3. The molecule has 0 aliphatic carbocycles. The van der Waals surface area contributed by atoms with Crippen LogP contribution in [0.5, 0.6) is 0 Å². The zero-order chi connectivity index (χ0) is 12.9. The summed E-state index contributed by atoms with van der Waals surface area (Å²) in [6.07, 6.45) is 4.44. The van der Waals surface area contributed by atoms with Crippen LogP contribution < -0.4 is 0 Å². The molecule has 0 bridgehead atoms. The lowest BCUT2D eigenvalue weighted by molar-refractivity contribution is -0.136. The Morgan fingerprint density at radius 1 is 1.59 bits per heavy atom. The van der Waals surface area contributed by atoms with Crippen molar-refractivity contribution in [2.24, 2.45) is 0 Å². The molecule has 0 aromatic carbocycles. The van der Waals surface area contributed by atoms with E-state index >= 15 is 0 Å². The molecule has 1 unspecified atom stereocenters. The molecular weight excluding hydrogens is 218 g/mol. The highest BCUT2D eigenvalue weighted by Gasteiger charge is 2.27. The van der Waals surface area contributed by atoms with Gasteiger partial charge in [-0.05, 0) is 32.7 Å². The van der Waals surface area contributed by atoms with Crippen molar-refractivity contribution in [1.82, 2.24) is 4.90 Å². The lowest BCUT2D eigenvalue weighted by Crippen LogP contribution is -2.46. The summed E-state index contributed by atoms with van der Waals surface area (Å²) in [5.74, 6) is -0.253. The average molecular weight is 241 g/mol. The molecule has 0 spiro atoms. The van der Waals surface area contributed by atoms with E-state index in [-0.39, 0.29) is 5.97 Å². The predicted octanol–water partition coefficient (Wildman–Crippen LogP) is 1.34. The Labute approximate surface area is 103 Å². The Balaban J connectivity index is 2.53. The minimum absolute atomic E-state index is 0.253. The van der Waals surface area contributed by atoms with Crippen LogP contribution in [0.3, 0.4) is 0 Å². The molecule has 0 amide bonds. The second kappa shape index (κ2) is 6.17. The first-order valence-electron chi connectivity index (χ1n) is 6.20. The normalized spacial score (nSPS) is 26.9. The van der Waals surface area contributed by atoms with E-state index < -0.39 is 5.60 Å². The third-order valence-corrected chi connectivity index (χ3v) is 3.18. The Morgan fingerprint density at radius 3 is 2.82 bits per heavy atom. The second-order valence-electron chi connectivity index (χ2n) is 4.91. The van der Waals surface area contributed by atoms with Gasteiger partial charge < -0.3 is 9.84 Å². The van der Waals surface area contributed by atoms with Crippen LogP contribution in [-0.4, -0.2) is 48.3 Å². The SMILES string of the molecule is CCC(=CCN1CCCC(C)(O)C1)C(=O)OC. The molecule has 1 aliphatic heterocycles. The van der Waals surface area contributed by atoms with Gasteiger partial charge in [0.05, 0.1) is 12.7 Å². The van der Waals surface area contributed by atoms with Gasteiger partial charge in [-0.2, -0.15) is 0 Å². The Kier molecular flexibility index (Phi) is 5.15. The highest BCUT2D eigenvalue weighted by atomic mass is 16.5. The number of hydrogen-bond acceptors (Lipinski definition) is 4. The van der Waals surface area contributed by atoms with Gasteiger partial charge in [-0.3, -0.25) is 4.90 Å². The number of methoxy groups -OCH3 is 1. The van der Waals surface area contributed by atoms with Crippen LogP contribution in [0, 0.1) is 0 Å². The zero-order valence-electron chi connectivity index (χ0n) is 11.0. The molecule has 1 aliphatic rings. The maximum atomic E-state index is 11.4. The lowest BCUT2D eigenvalue weighted by Gasteiger charge is -2.36. The highest BCUT2D eigenvalue weighted by molar-refractivity contribution is 5.88. The summed E-state index contributed by atoms with van der Waals surface area (Å²) < 4.78 is 4.71. The van der Waals surface area contributed by atoms with Gasteiger partial charge in [-0.15, -0.1) is 0 Å². The van der Waals surface area contributed by atoms with Crippen molar-refractivity contribution in [3.8, 4) is 0 Å². The first-order valence-corrected chi connectivity index (χ1v) is 6.20. The van der Waals surface area contributed by atoms with E-state index in [1.54, 1.807) is 0 Å². The van der Waals surface area contributed by atoms with Gasteiger partial charge >= 0.3 is 5.97 Å². The van der Waals surface area contributed by atoms with Gasteiger partial charge in [-0.1, -0.05) is 13.0 Å². The summed E-state index contributed by atoms with van der Waals surface area (Å²) in [4.78, 5) is 13.6. The van der Waals surface area contributed by atoms with Crippen molar-refractivity contribution in [2.75, 3.05) is 26.7 Å². The molecule has 1 rings (SSSR count). The van der Waals surface area contributed by atoms with Gasteiger partial charge in [0.1, 0.15) is 0 Å². The number of β-amino-alcohol motifs (C(OH)–C–C–N with tert-alkyl or cyclic N) is 1. The topological polar surface area (TPSA) is 49.8 Å². The minimum Gasteiger partial charge on any atom is -0.466 e. The number of hydrogen-bond donors (Lipinski definition) is 1. The smallest absolute Gasteiger partial charge is 0.333 e. The van der Waals surface area contributed by atoms with E-state index in [1.807, 2.05) is 19.9 Å². The van der Waals surface area contributed by atoms with Crippen molar-refractivity contribution < 1.29 is 14.6 Å². The maximum Gasteiger partial charge on any atom is 0.333 e. The average Bonchev–Trinajstić information content (AvgIpc) is 2.28. The Bertz CT molecular complexity index is 297. The second-order valence-corrected chi connectivity index (χ2v) is 4.91. The van der Waals surface area contributed by atoms with Gasteiger partial charge in [0.25, 0.3) is 0 Å². The lowest BCUT2D eigenvalue weighted by atomic mass is 9.95. The van der Waals surface area contributed by atoms with Crippen LogP contribution in [0.25, 0.3) is 0 Å². The molecule has 1 heterocycles. The maximum absolute atomic E-state index is 11.4. The summed E-state index contributed by atoms with van der Waals surface area (Å²) >= 11 is 0. The third-order valence-electron chi connectivity index (χ3n) is 3.18.